The van der Waals surface area contributed by atoms with Gasteiger partial charge in [0.2, 0.25) is 0 Å². The first-order chi connectivity index (χ1) is 11.2. The summed E-state index contributed by atoms with van der Waals surface area (Å²) in [6.07, 6.45) is 1.71. The summed E-state index contributed by atoms with van der Waals surface area (Å²) >= 11 is 0. The molecule has 3 rings (SSSR count). The van der Waals surface area contributed by atoms with Crippen molar-refractivity contribution in [3.05, 3.63) is 54.1 Å². The number of rotatable bonds is 6. The minimum Gasteiger partial charge on any atom is -0.486 e. The molecule has 23 heavy (non-hydrogen) atoms. The molecule has 5 heteroatoms. The molecule has 0 fully saturated rings. The maximum absolute atomic E-state index is 10.8. The van der Waals surface area contributed by atoms with E-state index in [9.17, 15) is 4.79 Å². The smallest absolute Gasteiger partial charge is 0.255 e. The quantitative estimate of drug-likeness (QED) is 0.888. The Bertz CT molecular complexity index is 686. The van der Waals surface area contributed by atoms with Crippen LogP contribution in [0.5, 0.6) is 17.2 Å². The Morgan fingerprint density at radius 2 is 2.00 bits per heavy atom. The minimum absolute atomic E-state index is 0.0279. The number of primary amides is 1. The molecule has 0 bridgehead atoms. The van der Waals surface area contributed by atoms with E-state index in [2.05, 4.69) is 0 Å². The number of fused-ring (bicyclic) bond motifs is 1. The predicted octanol–water partition coefficient (Wildman–Crippen LogP) is 2.32. The van der Waals surface area contributed by atoms with E-state index < -0.39 is 5.91 Å². The zero-order valence-corrected chi connectivity index (χ0v) is 12.7. The lowest BCUT2D eigenvalue weighted by molar-refractivity contribution is -0.119. The maximum Gasteiger partial charge on any atom is 0.255 e. The van der Waals surface area contributed by atoms with Gasteiger partial charge in [0.1, 0.15) is 18.5 Å². The summed E-state index contributed by atoms with van der Waals surface area (Å²) in [6.45, 7) is 0.439. The summed E-state index contributed by atoms with van der Waals surface area (Å²) < 4.78 is 17.0. The SMILES string of the molecule is NC(=O)COc1cccc(CCC2COc3ccccc3O2)c1. The first kappa shape index (κ1) is 15.2. The van der Waals surface area contributed by atoms with Gasteiger partial charge in [-0.25, -0.2) is 0 Å². The van der Waals surface area contributed by atoms with E-state index >= 15 is 0 Å². The number of para-hydroxylation sites is 2. The summed E-state index contributed by atoms with van der Waals surface area (Å²) in [7, 11) is 0. The van der Waals surface area contributed by atoms with Crippen LogP contribution >= 0.6 is 0 Å². The van der Waals surface area contributed by atoms with E-state index in [4.69, 9.17) is 19.9 Å². The largest absolute Gasteiger partial charge is 0.486 e. The molecule has 1 amide bonds. The van der Waals surface area contributed by atoms with Gasteiger partial charge in [0.05, 0.1) is 0 Å². The van der Waals surface area contributed by atoms with E-state index in [1.165, 1.54) is 0 Å². The Kier molecular flexibility index (Phi) is 4.66. The van der Waals surface area contributed by atoms with Crippen LogP contribution in [0.2, 0.25) is 0 Å². The Labute approximate surface area is 135 Å². The van der Waals surface area contributed by atoms with Gasteiger partial charge in [-0.1, -0.05) is 24.3 Å². The van der Waals surface area contributed by atoms with Crippen molar-refractivity contribution in [1.29, 1.82) is 0 Å². The molecule has 2 N–H and O–H groups in total. The van der Waals surface area contributed by atoms with Crippen molar-refractivity contribution in [1.82, 2.24) is 0 Å². The second kappa shape index (κ2) is 7.05. The molecule has 0 saturated heterocycles. The molecule has 5 nitrogen and oxygen atoms in total. The van der Waals surface area contributed by atoms with Gasteiger partial charge < -0.3 is 19.9 Å². The van der Waals surface area contributed by atoms with E-state index in [1.807, 2.05) is 48.5 Å². The predicted molar refractivity (Wildman–Crippen MR) is 85.8 cm³/mol. The van der Waals surface area contributed by atoms with Crippen molar-refractivity contribution in [2.24, 2.45) is 5.73 Å². The summed E-state index contributed by atoms with van der Waals surface area (Å²) in [4.78, 5) is 10.8. The molecule has 0 spiro atoms. The number of ether oxygens (including phenoxy) is 3. The number of hydrogen-bond acceptors (Lipinski definition) is 4. The molecule has 0 saturated carbocycles. The zero-order valence-electron chi connectivity index (χ0n) is 12.7. The average molecular weight is 313 g/mol. The number of benzene rings is 2. The highest BCUT2D eigenvalue weighted by Crippen LogP contribution is 2.31. The summed E-state index contributed by atoms with van der Waals surface area (Å²) in [5.41, 5.74) is 6.20. The van der Waals surface area contributed by atoms with Crippen LogP contribution in [0, 0.1) is 0 Å². The third-order valence-corrected chi connectivity index (χ3v) is 3.60. The van der Waals surface area contributed by atoms with E-state index in [0.717, 1.165) is 29.9 Å². The Balaban J connectivity index is 1.55. The summed E-state index contributed by atoms with van der Waals surface area (Å²) in [5.74, 6) is 1.75. The number of aryl methyl sites for hydroxylation is 1. The molecule has 0 aliphatic carbocycles. The highest BCUT2D eigenvalue weighted by molar-refractivity contribution is 5.75. The van der Waals surface area contributed by atoms with Gasteiger partial charge >= 0.3 is 0 Å². The molecule has 2 aromatic carbocycles. The lowest BCUT2D eigenvalue weighted by Gasteiger charge is -2.26. The Hall–Kier alpha value is -2.69. The van der Waals surface area contributed by atoms with Crippen molar-refractivity contribution in [3.8, 4) is 17.2 Å². The van der Waals surface area contributed by atoms with Crippen LogP contribution in [-0.2, 0) is 11.2 Å². The number of hydrogen-bond donors (Lipinski definition) is 1. The number of nitrogens with two attached hydrogens (primary N) is 1. The third kappa shape index (κ3) is 4.16. The van der Waals surface area contributed by atoms with Crippen LogP contribution in [-0.4, -0.2) is 25.2 Å². The topological polar surface area (TPSA) is 70.8 Å². The van der Waals surface area contributed by atoms with Gasteiger partial charge in [-0.3, -0.25) is 4.79 Å². The van der Waals surface area contributed by atoms with Crippen LogP contribution in [0.15, 0.2) is 48.5 Å². The van der Waals surface area contributed by atoms with Crippen molar-refractivity contribution in [2.75, 3.05) is 13.2 Å². The van der Waals surface area contributed by atoms with Crippen LogP contribution < -0.4 is 19.9 Å². The van der Waals surface area contributed by atoms with E-state index in [-0.39, 0.29) is 12.7 Å². The van der Waals surface area contributed by atoms with Crippen LogP contribution in [0.1, 0.15) is 12.0 Å². The second-order valence-corrected chi connectivity index (χ2v) is 5.44. The number of carbonyl (C=O) groups is 1. The Morgan fingerprint density at radius 1 is 1.17 bits per heavy atom. The number of carbonyl (C=O) groups excluding carboxylic acids is 1. The molecule has 0 radical (unpaired) electrons. The molecule has 120 valence electrons. The van der Waals surface area contributed by atoms with Crippen molar-refractivity contribution in [2.45, 2.75) is 18.9 Å². The molecule has 2 aromatic rings. The monoisotopic (exact) mass is 313 g/mol. The summed E-state index contributed by atoms with van der Waals surface area (Å²) in [6, 6.07) is 15.3. The zero-order chi connectivity index (χ0) is 16.1. The second-order valence-electron chi connectivity index (χ2n) is 5.44. The summed E-state index contributed by atoms with van der Waals surface area (Å²) in [5, 5.41) is 0. The molecule has 1 heterocycles. The van der Waals surface area contributed by atoms with Gasteiger partial charge in [-0.05, 0) is 42.7 Å². The normalized spacial score (nSPS) is 15.9. The van der Waals surface area contributed by atoms with E-state index in [1.54, 1.807) is 0 Å². The average Bonchev–Trinajstić information content (AvgIpc) is 2.58. The number of amides is 1. The van der Waals surface area contributed by atoms with Crippen LogP contribution in [0.4, 0.5) is 0 Å². The van der Waals surface area contributed by atoms with Gasteiger partial charge in [-0.15, -0.1) is 0 Å². The van der Waals surface area contributed by atoms with Gasteiger partial charge in [0, 0.05) is 0 Å². The minimum atomic E-state index is -0.484. The first-order valence-corrected chi connectivity index (χ1v) is 7.59. The van der Waals surface area contributed by atoms with Crippen LogP contribution in [0.3, 0.4) is 0 Å². The lowest BCUT2D eigenvalue weighted by Crippen LogP contribution is -2.29. The third-order valence-electron chi connectivity index (χ3n) is 3.60. The van der Waals surface area contributed by atoms with Gasteiger partial charge in [0.15, 0.2) is 18.1 Å². The first-order valence-electron chi connectivity index (χ1n) is 7.59. The van der Waals surface area contributed by atoms with E-state index in [0.29, 0.717) is 12.4 Å². The van der Waals surface area contributed by atoms with Gasteiger partial charge in [-0.2, -0.15) is 0 Å². The Morgan fingerprint density at radius 3 is 2.83 bits per heavy atom. The molecule has 1 aliphatic rings. The molecule has 1 atom stereocenters. The molecule has 1 unspecified atom stereocenters. The molecule has 1 aliphatic heterocycles. The van der Waals surface area contributed by atoms with Crippen molar-refractivity contribution < 1.29 is 19.0 Å². The van der Waals surface area contributed by atoms with Crippen molar-refractivity contribution in [3.63, 3.8) is 0 Å². The van der Waals surface area contributed by atoms with Gasteiger partial charge in [0.25, 0.3) is 5.91 Å². The molecule has 0 aromatic heterocycles. The highest BCUT2D eigenvalue weighted by atomic mass is 16.6. The standard InChI is InChI=1S/C18H19NO4/c19-18(20)12-21-14-5-3-4-13(10-14)8-9-15-11-22-16-6-1-2-7-17(16)23-15/h1-7,10,15H,8-9,11-12H2,(H2,19,20). The molecular weight excluding hydrogens is 294 g/mol. The fraction of sp³-hybridized carbons (Fsp3) is 0.278. The van der Waals surface area contributed by atoms with Crippen molar-refractivity contribution >= 4 is 5.91 Å². The fourth-order valence-corrected chi connectivity index (χ4v) is 2.48. The fourth-order valence-electron chi connectivity index (χ4n) is 2.48. The maximum atomic E-state index is 10.8. The highest BCUT2D eigenvalue weighted by Gasteiger charge is 2.20. The van der Waals surface area contributed by atoms with Crippen LogP contribution in [0.25, 0.3) is 0 Å². The molecular formula is C18H19NO4. The lowest BCUT2D eigenvalue weighted by atomic mass is 10.1.